The molecule has 0 fully saturated rings. The zero-order valence-corrected chi connectivity index (χ0v) is 12.9. The number of nitrogens with zero attached hydrogens (tertiary/aromatic N) is 2. The maximum Gasteiger partial charge on any atom is 0.211 e. The molecule has 5 heteroatoms. The predicted molar refractivity (Wildman–Crippen MR) is 82.8 cm³/mol. The number of nitrogens with one attached hydrogen (secondary N) is 1. The van der Waals surface area contributed by atoms with E-state index in [1.54, 1.807) is 4.68 Å². The SMILES string of the molecule is CCNCc1cccc(OCCOc2cc(C)nn2C)c1. The van der Waals surface area contributed by atoms with Crippen LogP contribution in [-0.4, -0.2) is 29.5 Å². The Balaban J connectivity index is 1.76. The van der Waals surface area contributed by atoms with Crippen LogP contribution in [-0.2, 0) is 13.6 Å². The average Bonchev–Trinajstić information content (AvgIpc) is 2.80. The molecule has 0 aliphatic carbocycles. The fraction of sp³-hybridized carbons (Fsp3) is 0.438. The van der Waals surface area contributed by atoms with Gasteiger partial charge in [0.2, 0.25) is 5.88 Å². The first kappa shape index (κ1) is 15.4. The van der Waals surface area contributed by atoms with Gasteiger partial charge in [0.25, 0.3) is 0 Å². The summed E-state index contributed by atoms with van der Waals surface area (Å²) in [5.74, 6) is 1.63. The minimum Gasteiger partial charge on any atom is -0.490 e. The minimum atomic E-state index is 0.496. The van der Waals surface area contributed by atoms with E-state index < -0.39 is 0 Å². The van der Waals surface area contributed by atoms with Crippen molar-refractivity contribution in [1.29, 1.82) is 0 Å². The number of hydrogen-bond donors (Lipinski definition) is 1. The van der Waals surface area contributed by atoms with E-state index in [0.29, 0.717) is 13.2 Å². The van der Waals surface area contributed by atoms with E-state index in [1.807, 2.05) is 32.2 Å². The van der Waals surface area contributed by atoms with Gasteiger partial charge in [-0.3, -0.25) is 0 Å². The molecular formula is C16H23N3O2. The van der Waals surface area contributed by atoms with Gasteiger partial charge in [-0.1, -0.05) is 19.1 Å². The topological polar surface area (TPSA) is 48.3 Å². The lowest BCUT2D eigenvalue weighted by atomic mass is 10.2. The van der Waals surface area contributed by atoms with E-state index in [1.165, 1.54) is 5.56 Å². The van der Waals surface area contributed by atoms with E-state index in [2.05, 4.69) is 29.5 Å². The molecule has 2 aromatic rings. The van der Waals surface area contributed by atoms with Crippen molar-refractivity contribution in [2.75, 3.05) is 19.8 Å². The summed E-state index contributed by atoms with van der Waals surface area (Å²) in [5.41, 5.74) is 2.17. The lowest BCUT2D eigenvalue weighted by Crippen LogP contribution is -2.12. The third kappa shape index (κ3) is 4.79. The largest absolute Gasteiger partial charge is 0.490 e. The van der Waals surface area contributed by atoms with Gasteiger partial charge in [-0.25, -0.2) is 4.68 Å². The molecule has 0 aliphatic rings. The smallest absolute Gasteiger partial charge is 0.211 e. The van der Waals surface area contributed by atoms with Crippen LogP contribution in [0, 0.1) is 6.92 Å². The van der Waals surface area contributed by atoms with Crippen LogP contribution in [0.4, 0.5) is 0 Å². The molecule has 5 nitrogen and oxygen atoms in total. The molecule has 0 saturated carbocycles. The van der Waals surface area contributed by atoms with Gasteiger partial charge in [0, 0.05) is 19.7 Å². The average molecular weight is 289 g/mol. The molecule has 0 atom stereocenters. The molecule has 0 radical (unpaired) electrons. The quantitative estimate of drug-likeness (QED) is 0.758. The van der Waals surface area contributed by atoms with Crippen molar-refractivity contribution in [2.24, 2.45) is 7.05 Å². The van der Waals surface area contributed by atoms with E-state index in [9.17, 15) is 0 Å². The molecule has 1 aromatic heterocycles. The zero-order chi connectivity index (χ0) is 15.1. The first-order chi connectivity index (χ1) is 10.2. The van der Waals surface area contributed by atoms with Gasteiger partial charge in [-0.2, -0.15) is 5.10 Å². The molecule has 21 heavy (non-hydrogen) atoms. The molecule has 0 amide bonds. The highest BCUT2D eigenvalue weighted by molar-refractivity contribution is 5.28. The van der Waals surface area contributed by atoms with E-state index in [-0.39, 0.29) is 0 Å². The fourth-order valence-electron chi connectivity index (χ4n) is 2.04. The number of aryl methyl sites for hydroxylation is 2. The molecule has 0 bridgehead atoms. The van der Waals surface area contributed by atoms with Crippen LogP contribution in [0.3, 0.4) is 0 Å². The van der Waals surface area contributed by atoms with Crippen LogP contribution in [0.25, 0.3) is 0 Å². The lowest BCUT2D eigenvalue weighted by molar-refractivity contribution is 0.206. The van der Waals surface area contributed by atoms with Crippen molar-refractivity contribution >= 4 is 0 Å². The Morgan fingerprint density at radius 3 is 2.71 bits per heavy atom. The first-order valence-electron chi connectivity index (χ1n) is 7.25. The molecule has 1 aromatic carbocycles. The van der Waals surface area contributed by atoms with Crippen LogP contribution in [0.15, 0.2) is 30.3 Å². The second-order valence-corrected chi connectivity index (χ2v) is 4.87. The van der Waals surface area contributed by atoms with Crippen LogP contribution in [0.2, 0.25) is 0 Å². The second kappa shape index (κ2) is 7.69. The van der Waals surface area contributed by atoms with Crippen molar-refractivity contribution in [3.05, 3.63) is 41.6 Å². The van der Waals surface area contributed by atoms with Gasteiger partial charge in [-0.05, 0) is 31.2 Å². The highest BCUT2D eigenvalue weighted by atomic mass is 16.5. The zero-order valence-electron chi connectivity index (χ0n) is 12.9. The second-order valence-electron chi connectivity index (χ2n) is 4.87. The van der Waals surface area contributed by atoms with Crippen LogP contribution < -0.4 is 14.8 Å². The van der Waals surface area contributed by atoms with Crippen molar-refractivity contribution in [3.8, 4) is 11.6 Å². The lowest BCUT2D eigenvalue weighted by Gasteiger charge is -2.09. The van der Waals surface area contributed by atoms with Gasteiger partial charge in [0.15, 0.2) is 0 Å². The number of ether oxygens (including phenoxy) is 2. The van der Waals surface area contributed by atoms with Gasteiger partial charge in [-0.15, -0.1) is 0 Å². The maximum atomic E-state index is 5.71. The van der Waals surface area contributed by atoms with E-state index >= 15 is 0 Å². The monoisotopic (exact) mass is 289 g/mol. The van der Waals surface area contributed by atoms with E-state index in [0.717, 1.165) is 30.4 Å². The molecule has 0 spiro atoms. The molecular weight excluding hydrogens is 266 g/mol. The Kier molecular flexibility index (Phi) is 5.63. The van der Waals surface area contributed by atoms with Crippen LogP contribution in [0.1, 0.15) is 18.2 Å². The molecule has 2 rings (SSSR count). The number of rotatable bonds is 8. The molecule has 0 saturated heterocycles. The van der Waals surface area contributed by atoms with E-state index in [4.69, 9.17) is 9.47 Å². The van der Waals surface area contributed by atoms with Crippen molar-refractivity contribution in [3.63, 3.8) is 0 Å². The summed E-state index contributed by atoms with van der Waals surface area (Å²) in [4.78, 5) is 0. The maximum absolute atomic E-state index is 5.71. The minimum absolute atomic E-state index is 0.496. The van der Waals surface area contributed by atoms with Crippen molar-refractivity contribution < 1.29 is 9.47 Å². The van der Waals surface area contributed by atoms with Crippen molar-refractivity contribution in [2.45, 2.75) is 20.4 Å². The molecule has 0 aliphatic heterocycles. The Morgan fingerprint density at radius 1 is 1.19 bits per heavy atom. The van der Waals surface area contributed by atoms with Gasteiger partial charge < -0.3 is 14.8 Å². The molecule has 1 heterocycles. The summed E-state index contributed by atoms with van der Waals surface area (Å²) in [5, 5.41) is 7.53. The summed E-state index contributed by atoms with van der Waals surface area (Å²) in [6.07, 6.45) is 0. The standard InChI is InChI=1S/C16H23N3O2/c1-4-17-12-14-6-5-7-15(11-14)20-8-9-21-16-10-13(2)18-19(16)3/h5-7,10-11,17H,4,8-9,12H2,1-3H3. The molecule has 0 unspecified atom stereocenters. The summed E-state index contributed by atoms with van der Waals surface area (Å²) in [6.45, 7) is 6.86. The predicted octanol–water partition coefficient (Wildman–Crippen LogP) is 2.30. The van der Waals surface area contributed by atoms with Crippen molar-refractivity contribution in [1.82, 2.24) is 15.1 Å². The first-order valence-corrected chi connectivity index (χ1v) is 7.25. The normalized spacial score (nSPS) is 10.6. The summed E-state index contributed by atoms with van der Waals surface area (Å²) >= 11 is 0. The van der Waals surface area contributed by atoms with Crippen LogP contribution >= 0.6 is 0 Å². The summed E-state index contributed by atoms with van der Waals surface area (Å²) in [6, 6.07) is 10.0. The highest BCUT2D eigenvalue weighted by Gasteiger charge is 2.03. The number of aromatic nitrogens is 2. The van der Waals surface area contributed by atoms with Crippen LogP contribution in [0.5, 0.6) is 11.6 Å². The Hall–Kier alpha value is -2.01. The third-order valence-electron chi connectivity index (χ3n) is 3.04. The van der Waals surface area contributed by atoms with Gasteiger partial charge in [0.1, 0.15) is 19.0 Å². The Bertz CT molecular complexity index is 566. The molecule has 114 valence electrons. The Labute approximate surface area is 125 Å². The fourth-order valence-corrected chi connectivity index (χ4v) is 2.04. The highest BCUT2D eigenvalue weighted by Crippen LogP contribution is 2.14. The van der Waals surface area contributed by atoms with Gasteiger partial charge >= 0.3 is 0 Å². The third-order valence-corrected chi connectivity index (χ3v) is 3.04. The van der Waals surface area contributed by atoms with Gasteiger partial charge in [0.05, 0.1) is 5.69 Å². The molecule has 1 N–H and O–H groups in total. The summed E-state index contributed by atoms with van der Waals surface area (Å²) < 4.78 is 13.1. The number of hydrogen-bond acceptors (Lipinski definition) is 4. The Morgan fingerprint density at radius 2 is 2.00 bits per heavy atom. The summed E-state index contributed by atoms with van der Waals surface area (Å²) in [7, 11) is 1.87. The number of benzene rings is 1.